The van der Waals surface area contributed by atoms with Gasteiger partial charge in [-0.1, -0.05) is 18.2 Å². The maximum Gasteiger partial charge on any atom is 0.339 e. The molecule has 0 bridgehead atoms. The van der Waals surface area contributed by atoms with Crippen molar-refractivity contribution in [3.05, 3.63) is 59.2 Å². The smallest absolute Gasteiger partial charge is 0.339 e. The molecule has 1 atom stereocenters. The van der Waals surface area contributed by atoms with Crippen molar-refractivity contribution in [3.8, 4) is 11.5 Å². The monoisotopic (exact) mass is 298 g/mol. The van der Waals surface area contributed by atoms with Crippen molar-refractivity contribution in [1.29, 1.82) is 0 Å². The Morgan fingerprint density at radius 3 is 2.82 bits per heavy atom. The summed E-state index contributed by atoms with van der Waals surface area (Å²) in [5.74, 6) is -0.393. The van der Waals surface area contributed by atoms with E-state index in [4.69, 9.17) is 9.47 Å². The van der Waals surface area contributed by atoms with Crippen LogP contribution in [0.3, 0.4) is 0 Å². The van der Waals surface area contributed by atoms with Crippen LogP contribution in [0.2, 0.25) is 0 Å². The summed E-state index contributed by atoms with van der Waals surface area (Å²) in [6.45, 7) is 0. The fourth-order valence-corrected chi connectivity index (χ4v) is 2.51. The minimum Gasteiger partial charge on any atom is -0.504 e. The Bertz CT molecular complexity index is 750. The van der Waals surface area contributed by atoms with E-state index in [1.807, 2.05) is 6.07 Å². The highest BCUT2D eigenvalue weighted by Gasteiger charge is 2.32. The highest BCUT2D eigenvalue weighted by molar-refractivity contribution is 5.99. The van der Waals surface area contributed by atoms with Crippen LogP contribution in [0.4, 0.5) is 0 Å². The SMILES string of the molecule is COc1cc(C(=O)C[C@@H]2OC(=O)c3ccccc32)ccc1O. The maximum atomic E-state index is 12.4. The summed E-state index contributed by atoms with van der Waals surface area (Å²) in [7, 11) is 1.41. The minimum absolute atomic E-state index is 0.0308. The number of phenolic OH excluding ortho intramolecular Hbond substituents is 1. The fourth-order valence-electron chi connectivity index (χ4n) is 2.51. The van der Waals surface area contributed by atoms with Crippen LogP contribution in [0.25, 0.3) is 0 Å². The van der Waals surface area contributed by atoms with Crippen LogP contribution < -0.4 is 4.74 Å². The van der Waals surface area contributed by atoms with Gasteiger partial charge < -0.3 is 14.6 Å². The summed E-state index contributed by atoms with van der Waals surface area (Å²) in [5, 5.41) is 9.56. The van der Waals surface area contributed by atoms with Gasteiger partial charge in [-0.05, 0) is 24.3 Å². The molecule has 0 saturated carbocycles. The molecule has 2 aromatic carbocycles. The number of ketones is 1. The Balaban J connectivity index is 1.82. The van der Waals surface area contributed by atoms with Crippen LogP contribution in [0.15, 0.2) is 42.5 Å². The Morgan fingerprint density at radius 2 is 2.05 bits per heavy atom. The standard InChI is InChI=1S/C17H14O5/c1-21-16-8-10(6-7-13(16)18)14(19)9-15-11-4-2-3-5-12(11)17(20)22-15/h2-8,15,18H,9H2,1H3/t15-/m0/s1. The Kier molecular flexibility index (Phi) is 3.55. The Labute approximate surface area is 127 Å². The molecule has 0 aliphatic carbocycles. The number of hydrogen-bond acceptors (Lipinski definition) is 5. The van der Waals surface area contributed by atoms with Gasteiger partial charge >= 0.3 is 5.97 Å². The zero-order valence-corrected chi connectivity index (χ0v) is 11.9. The molecular formula is C17H14O5. The van der Waals surface area contributed by atoms with Gasteiger partial charge in [0.25, 0.3) is 0 Å². The van der Waals surface area contributed by atoms with E-state index >= 15 is 0 Å². The normalized spacial score (nSPS) is 16.0. The molecule has 5 nitrogen and oxygen atoms in total. The van der Waals surface area contributed by atoms with Crippen LogP contribution >= 0.6 is 0 Å². The molecule has 1 N–H and O–H groups in total. The number of ether oxygens (including phenoxy) is 2. The molecule has 112 valence electrons. The first-order chi connectivity index (χ1) is 10.6. The van der Waals surface area contributed by atoms with Gasteiger partial charge in [0.2, 0.25) is 0 Å². The molecule has 1 heterocycles. The van der Waals surface area contributed by atoms with Crippen molar-refractivity contribution in [1.82, 2.24) is 0 Å². The quantitative estimate of drug-likeness (QED) is 0.694. The van der Waals surface area contributed by atoms with E-state index in [-0.39, 0.29) is 23.7 Å². The molecule has 1 aliphatic rings. The zero-order valence-electron chi connectivity index (χ0n) is 11.9. The topological polar surface area (TPSA) is 72.8 Å². The lowest BCUT2D eigenvalue weighted by Crippen LogP contribution is -2.08. The summed E-state index contributed by atoms with van der Waals surface area (Å²) in [4.78, 5) is 24.1. The number of carbonyl (C=O) groups excluding carboxylic acids is 2. The van der Waals surface area contributed by atoms with Gasteiger partial charge in [0, 0.05) is 11.1 Å². The summed E-state index contributed by atoms with van der Waals surface area (Å²) in [5.41, 5.74) is 1.63. The first kappa shape index (κ1) is 14.1. The molecule has 0 spiro atoms. The number of rotatable bonds is 4. The maximum absolute atomic E-state index is 12.4. The number of fused-ring (bicyclic) bond motifs is 1. The third kappa shape index (κ3) is 2.41. The van der Waals surface area contributed by atoms with Crippen LogP contribution in [0.1, 0.15) is 38.8 Å². The number of hydrogen-bond donors (Lipinski definition) is 1. The number of aromatic hydroxyl groups is 1. The number of phenols is 1. The molecule has 22 heavy (non-hydrogen) atoms. The van der Waals surface area contributed by atoms with E-state index in [0.717, 1.165) is 5.56 Å². The average molecular weight is 298 g/mol. The van der Waals surface area contributed by atoms with Gasteiger partial charge in [-0.15, -0.1) is 0 Å². The van der Waals surface area contributed by atoms with Crippen molar-refractivity contribution in [3.63, 3.8) is 0 Å². The summed E-state index contributed by atoms with van der Waals surface area (Å²) >= 11 is 0. The van der Waals surface area contributed by atoms with Gasteiger partial charge in [-0.3, -0.25) is 4.79 Å². The van der Waals surface area contributed by atoms with E-state index < -0.39 is 12.1 Å². The van der Waals surface area contributed by atoms with E-state index in [1.54, 1.807) is 18.2 Å². The first-order valence-corrected chi connectivity index (χ1v) is 6.80. The third-order valence-corrected chi connectivity index (χ3v) is 3.65. The van der Waals surface area contributed by atoms with Crippen molar-refractivity contribution < 1.29 is 24.2 Å². The predicted molar refractivity (Wildman–Crippen MR) is 78.2 cm³/mol. The molecular weight excluding hydrogens is 284 g/mol. The van der Waals surface area contributed by atoms with Crippen molar-refractivity contribution in [2.45, 2.75) is 12.5 Å². The third-order valence-electron chi connectivity index (χ3n) is 3.65. The van der Waals surface area contributed by atoms with Crippen molar-refractivity contribution in [2.24, 2.45) is 0 Å². The van der Waals surface area contributed by atoms with Gasteiger partial charge in [-0.25, -0.2) is 4.79 Å². The zero-order chi connectivity index (χ0) is 15.7. The van der Waals surface area contributed by atoms with Gasteiger partial charge in [0.1, 0.15) is 6.10 Å². The molecule has 0 fully saturated rings. The number of methoxy groups -OCH3 is 1. The van der Waals surface area contributed by atoms with Gasteiger partial charge in [0.05, 0.1) is 19.1 Å². The Morgan fingerprint density at radius 1 is 1.27 bits per heavy atom. The van der Waals surface area contributed by atoms with Crippen LogP contribution in [0.5, 0.6) is 11.5 Å². The number of esters is 1. The first-order valence-electron chi connectivity index (χ1n) is 6.80. The van der Waals surface area contributed by atoms with Crippen LogP contribution in [0, 0.1) is 0 Å². The largest absolute Gasteiger partial charge is 0.504 e. The van der Waals surface area contributed by atoms with Crippen molar-refractivity contribution >= 4 is 11.8 Å². The second kappa shape index (κ2) is 5.52. The predicted octanol–water partition coefficient (Wildman–Crippen LogP) is 2.89. The Hall–Kier alpha value is -2.82. The minimum atomic E-state index is -0.573. The van der Waals surface area contributed by atoms with Crippen LogP contribution in [-0.2, 0) is 4.74 Å². The summed E-state index contributed by atoms with van der Waals surface area (Å²) in [6, 6.07) is 11.4. The van der Waals surface area contributed by atoms with Crippen molar-refractivity contribution in [2.75, 3.05) is 7.11 Å². The summed E-state index contributed by atoms with van der Waals surface area (Å²) < 4.78 is 10.3. The molecule has 5 heteroatoms. The van der Waals surface area contributed by atoms with Gasteiger partial charge in [-0.2, -0.15) is 0 Å². The molecule has 0 saturated heterocycles. The highest BCUT2D eigenvalue weighted by atomic mass is 16.5. The van der Waals surface area contributed by atoms with E-state index in [9.17, 15) is 14.7 Å². The van der Waals surface area contributed by atoms with Crippen LogP contribution in [-0.4, -0.2) is 24.0 Å². The van der Waals surface area contributed by atoms with Gasteiger partial charge in [0.15, 0.2) is 17.3 Å². The average Bonchev–Trinajstić information content (AvgIpc) is 2.84. The number of benzene rings is 2. The lowest BCUT2D eigenvalue weighted by molar-refractivity contribution is 0.0367. The summed E-state index contributed by atoms with van der Waals surface area (Å²) in [6.07, 6.45) is -0.521. The highest BCUT2D eigenvalue weighted by Crippen LogP contribution is 2.34. The van der Waals surface area contributed by atoms with E-state index in [1.165, 1.54) is 25.3 Å². The molecule has 0 aromatic heterocycles. The number of Topliss-reactive ketones (excluding diaryl/α,β-unsaturated/α-hetero) is 1. The lowest BCUT2D eigenvalue weighted by Gasteiger charge is -2.11. The molecule has 2 aromatic rings. The molecule has 0 radical (unpaired) electrons. The lowest BCUT2D eigenvalue weighted by atomic mass is 9.98. The second-order valence-corrected chi connectivity index (χ2v) is 5.00. The number of cyclic esters (lactones) is 1. The number of carbonyl (C=O) groups is 2. The molecule has 0 amide bonds. The molecule has 3 rings (SSSR count). The molecule has 1 aliphatic heterocycles. The van der Waals surface area contributed by atoms with E-state index in [2.05, 4.69) is 0 Å². The fraction of sp³-hybridized carbons (Fsp3) is 0.176. The van der Waals surface area contributed by atoms with E-state index in [0.29, 0.717) is 11.1 Å². The molecule has 0 unspecified atom stereocenters. The second-order valence-electron chi connectivity index (χ2n) is 5.00.